The first-order chi connectivity index (χ1) is 0. The molecule has 0 amide bonds. The summed E-state index contributed by atoms with van der Waals surface area (Å²) in [5.41, 5.74) is 0. The minimum Gasteiger partial charge on any atom is 0 e. The average Bonchev–Trinajstić information content (AvgIpc) is 0. The first kappa shape index (κ1) is 36.9. The molecule has 0 aromatic rings. The van der Waals surface area contributed by atoms with E-state index in [0.29, 0.717) is 0 Å². The summed E-state index contributed by atoms with van der Waals surface area (Å²) in [5.74, 6) is 0. The Kier molecular flexibility index (Phi) is 182. The molecule has 0 fully saturated rings. The Morgan fingerprint density at radius 1 is 0.750 bits per heavy atom. The van der Waals surface area contributed by atoms with Crippen molar-refractivity contribution < 1.29 is 50.1 Å². The zero-order valence-corrected chi connectivity index (χ0v) is 3.85. The fourth-order valence-electron chi connectivity index (χ4n) is 0. The van der Waals surface area contributed by atoms with Gasteiger partial charge in [0.2, 0.25) is 0 Å². The maximum Gasteiger partial charge on any atom is 0.187 e. The van der Waals surface area contributed by atoms with Crippen LogP contribution in [0.1, 0.15) is 0 Å². The van der Waals surface area contributed by atoms with Crippen molar-refractivity contribution in [3.05, 3.63) is 0 Å². The maximum absolute atomic E-state index is 0. The van der Waals surface area contributed by atoms with Crippen LogP contribution >= 0.6 is 0 Å². The van der Waals surface area contributed by atoms with Crippen LogP contribution in [0.25, 0.3) is 0 Å². The van der Waals surface area contributed by atoms with Gasteiger partial charge in [0.25, 0.3) is 0 Å². The van der Waals surface area contributed by atoms with Gasteiger partial charge in [0.15, 0.2) is 17.4 Å². The molecule has 0 rings (SSSR count). The normalized spacial score (nSPS) is 0. The third-order valence-corrected chi connectivity index (χ3v) is 0. The molecule has 0 N–H and O–H groups in total. The Labute approximate surface area is 66.9 Å². The predicted molar refractivity (Wildman–Crippen MR) is 9.94 cm³/mol. The summed E-state index contributed by atoms with van der Waals surface area (Å²) in [6.07, 6.45) is 0. The quantitative estimate of drug-likeness (QED) is 0.442. The summed E-state index contributed by atoms with van der Waals surface area (Å²) in [7, 11) is 0. The van der Waals surface area contributed by atoms with Gasteiger partial charge in [-0.3, -0.25) is 0 Å². The SMILES string of the molecule is [AlH3].[Cu].[Ni].[Ni]. The number of hydrogen-bond acceptors (Lipinski definition) is 0. The second kappa shape index (κ2) is 19.8. The number of hydrogen-bond donors (Lipinski definition) is 0. The summed E-state index contributed by atoms with van der Waals surface area (Å²) in [5, 5.41) is 0. The van der Waals surface area contributed by atoms with Crippen LogP contribution in [0.4, 0.5) is 0 Å². The van der Waals surface area contributed by atoms with Gasteiger partial charge in [0, 0.05) is 50.1 Å². The molecular formula is H3AlCuNi2. The Balaban J connectivity index is 0. The van der Waals surface area contributed by atoms with E-state index in [1.54, 1.807) is 0 Å². The largest absolute Gasteiger partial charge is 0.187 e. The van der Waals surface area contributed by atoms with Gasteiger partial charge in [0.1, 0.15) is 0 Å². The monoisotopic (exact) mass is 209 g/mol. The van der Waals surface area contributed by atoms with Gasteiger partial charge >= 0.3 is 0 Å². The minimum absolute atomic E-state index is 0. The van der Waals surface area contributed by atoms with Gasteiger partial charge in [-0.1, -0.05) is 0 Å². The fourth-order valence-corrected chi connectivity index (χ4v) is 0. The van der Waals surface area contributed by atoms with Gasteiger partial charge < -0.3 is 0 Å². The third kappa shape index (κ3) is 8.97. The van der Waals surface area contributed by atoms with E-state index in [1.807, 2.05) is 0 Å². The molecule has 0 aliphatic rings. The second-order valence-electron chi connectivity index (χ2n) is 0. The molecule has 1 radical (unpaired) electrons. The standard InChI is InChI=1S/Al.Cu.2Ni.3H. The van der Waals surface area contributed by atoms with E-state index in [-0.39, 0.29) is 67.4 Å². The third-order valence-electron chi connectivity index (χ3n) is 0. The van der Waals surface area contributed by atoms with Crippen molar-refractivity contribution in [3.8, 4) is 0 Å². The maximum atomic E-state index is 0. The van der Waals surface area contributed by atoms with Crippen LogP contribution in [0.15, 0.2) is 0 Å². The molecule has 0 bridgehead atoms. The van der Waals surface area contributed by atoms with Gasteiger partial charge in [-0.05, 0) is 0 Å². The molecular weight excluding hydrogens is 208 g/mol. The van der Waals surface area contributed by atoms with Crippen LogP contribution in [-0.2, 0) is 50.1 Å². The van der Waals surface area contributed by atoms with Crippen LogP contribution in [0, 0.1) is 0 Å². The Morgan fingerprint density at radius 3 is 0.750 bits per heavy atom. The minimum atomic E-state index is 0. The van der Waals surface area contributed by atoms with E-state index >= 15 is 0 Å². The molecule has 37 valence electrons. The van der Waals surface area contributed by atoms with Crippen molar-refractivity contribution in [1.29, 1.82) is 0 Å². The van der Waals surface area contributed by atoms with Gasteiger partial charge in [-0.25, -0.2) is 0 Å². The van der Waals surface area contributed by atoms with Crippen LogP contribution in [0.3, 0.4) is 0 Å². The summed E-state index contributed by atoms with van der Waals surface area (Å²) >= 11 is 0. The topological polar surface area (TPSA) is 0 Å². The van der Waals surface area contributed by atoms with Gasteiger partial charge in [-0.2, -0.15) is 0 Å². The Hall–Kier alpha value is 2.04. The van der Waals surface area contributed by atoms with Crippen molar-refractivity contribution in [2.24, 2.45) is 0 Å². The molecule has 0 unspecified atom stereocenters. The van der Waals surface area contributed by atoms with Crippen molar-refractivity contribution in [2.45, 2.75) is 0 Å². The van der Waals surface area contributed by atoms with E-state index in [1.165, 1.54) is 0 Å². The molecule has 0 aliphatic carbocycles. The molecule has 0 nitrogen and oxygen atoms in total. The molecule has 0 atom stereocenters. The van der Waals surface area contributed by atoms with Crippen LogP contribution in [0.2, 0.25) is 0 Å². The Bertz CT molecular complexity index is 6.00. The van der Waals surface area contributed by atoms with E-state index in [0.717, 1.165) is 0 Å². The molecule has 0 saturated heterocycles. The Morgan fingerprint density at radius 2 is 0.750 bits per heavy atom. The fraction of sp³-hybridized carbons (Fsp3) is 0. The molecule has 4 heteroatoms. The molecule has 0 aromatic heterocycles. The average molecular weight is 211 g/mol. The van der Waals surface area contributed by atoms with Crippen molar-refractivity contribution in [2.75, 3.05) is 0 Å². The molecule has 0 aromatic carbocycles. The number of rotatable bonds is 0. The van der Waals surface area contributed by atoms with E-state index in [4.69, 9.17) is 0 Å². The predicted octanol–water partition coefficient (Wildman–Crippen LogP) is -1.19. The second-order valence-corrected chi connectivity index (χ2v) is 0. The molecule has 0 heterocycles. The summed E-state index contributed by atoms with van der Waals surface area (Å²) in [6.45, 7) is 0. The zero-order valence-electron chi connectivity index (χ0n) is 0.934. The van der Waals surface area contributed by atoms with E-state index in [9.17, 15) is 0 Å². The molecule has 0 saturated carbocycles. The summed E-state index contributed by atoms with van der Waals surface area (Å²) in [6, 6.07) is 0. The van der Waals surface area contributed by atoms with E-state index in [2.05, 4.69) is 0 Å². The van der Waals surface area contributed by atoms with Crippen molar-refractivity contribution in [1.82, 2.24) is 0 Å². The molecule has 4 heavy (non-hydrogen) atoms. The van der Waals surface area contributed by atoms with Crippen LogP contribution in [-0.4, -0.2) is 17.4 Å². The summed E-state index contributed by atoms with van der Waals surface area (Å²) < 4.78 is 0. The van der Waals surface area contributed by atoms with E-state index < -0.39 is 0 Å². The van der Waals surface area contributed by atoms with Gasteiger partial charge in [0.05, 0.1) is 0 Å². The zero-order chi connectivity index (χ0) is 0. The van der Waals surface area contributed by atoms with Crippen molar-refractivity contribution in [3.63, 3.8) is 0 Å². The van der Waals surface area contributed by atoms with Crippen LogP contribution in [0.5, 0.6) is 0 Å². The van der Waals surface area contributed by atoms with Crippen LogP contribution < -0.4 is 0 Å². The summed E-state index contributed by atoms with van der Waals surface area (Å²) in [4.78, 5) is 0. The smallest absolute Gasteiger partial charge is 0 e. The first-order valence-corrected chi connectivity index (χ1v) is 0. The first-order valence-electron chi connectivity index (χ1n) is 0. The van der Waals surface area contributed by atoms with Gasteiger partial charge in [-0.15, -0.1) is 0 Å². The molecule has 0 spiro atoms. The molecule has 0 aliphatic heterocycles. The van der Waals surface area contributed by atoms with Crippen molar-refractivity contribution >= 4 is 17.4 Å².